The van der Waals surface area contributed by atoms with Gasteiger partial charge in [0, 0.05) is 6.54 Å². The molecular formula is C10H14ClN3OS. The number of rotatable bonds is 2. The first kappa shape index (κ1) is 14.7. The molecule has 1 heterocycles. The molecule has 0 fully saturated rings. The lowest BCUT2D eigenvalue weighted by Gasteiger charge is -1.98. The summed E-state index contributed by atoms with van der Waals surface area (Å²) >= 11 is 1.59. The SMILES string of the molecule is C=CCn1c(=NN)sc2ccccc21.Cl.O. The maximum absolute atomic E-state index is 5.33. The second-order valence-corrected chi connectivity index (χ2v) is 3.89. The number of thiazole rings is 1. The van der Waals surface area contributed by atoms with Gasteiger partial charge in [-0.3, -0.25) is 0 Å². The molecule has 0 aliphatic heterocycles. The van der Waals surface area contributed by atoms with Crippen LogP contribution in [-0.2, 0) is 6.54 Å². The molecule has 0 aliphatic rings. The Labute approximate surface area is 103 Å². The fourth-order valence-electron chi connectivity index (χ4n) is 1.42. The number of aromatic nitrogens is 1. The van der Waals surface area contributed by atoms with Gasteiger partial charge < -0.3 is 15.9 Å². The summed E-state index contributed by atoms with van der Waals surface area (Å²) in [6.07, 6.45) is 1.84. The fraction of sp³-hybridized carbons (Fsp3) is 0.100. The summed E-state index contributed by atoms with van der Waals surface area (Å²) in [5, 5.41) is 3.76. The molecule has 4 N–H and O–H groups in total. The average Bonchev–Trinajstić information content (AvgIpc) is 2.58. The molecule has 1 aromatic heterocycles. The molecule has 6 heteroatoms. The van der Waals surface area contributed by atoms with Gasteiger partial charge in [0.2, 0.25) is 4.80 Å². The third-order valence-electron chi connectivity index (χ3n) is 2.01. The Kier molecular flexibility index (Phi) is 5.81. The van der Waals surface area contributed by atoms with Crippen LogP contribution in [0, 0.1) is 0 Å². The van der Waals surface area contributed by atoms with Gasteiger partial charge in [0.15, 0.2) is 0 Å². The van der Waals surface area contributed by atoms with E-state index in [1.54, 1.807) is 11.3 Å². The molecular weight excluding hydrogens is 246 g/mol. The van der Waals surface area contributed by atoms with Crippen LogP contribution in [0.15, 0.2) is 42.0 Å². The van der Waals surface area contributed by atoms with Crippen molar-refractivity contribution in [2.24, 2.45) is 10.9 Å². The largest absolute Gasteiger partial charge is 0.412 e. The Morgan fingerprint density at radius 2 is 2.12 bits per heavy atom. The van der Waals surface area contributed by atoms with Crippen LogP contribution in [0.25, 0.3) is 10.2 Å². The van der Waals surface area contributed by atoms with Gasteiger partial charge >= 0.3 is 0 Å². The third kappa shape index (κ3) is 2.44. The third-order valence-corrected chi connectivity index (χ3v) is 3.08. The monoisotopic (exact) mass is 259 g/mol. The van der Waals surface area contributed by atoms with Gasteiger partial charge in [-0.1, -0.05) is 29.5 Å². The van der Waals surface area contributed by atoms with Crippen molar-refractivity contribution in [1.82, 2.24) is 4.57 Å². The van der Waals surface area contributed by atoms with Crippen LogP contribution in [0.5, 0.6) is 0 Å². The fourth-order valence-corrected chi connectivity index (χ4v) is 2.39. The second kappa shape index (κ2) is 6.32. The maximum atomic E-state index is 5.33. The summed E-state index contributed by atoms with van der Waals surface area (Å²) in [5.41, 5.74) is 1.15. The van der Waals surface area contributed by atoms with E-state index in [9.17, 15) is 0 Å². The highest BCUT2D eigenvalue weighted by atomic mass is 35.5. The van der Waals surface area contributed by atoms with Gasteiger partial charge in [0.05, 0.1) is 10.2 Å². The van der Waals surface area contributed by atoms with Crippen molar-refractivity contribution in [1.29, 1.82) is 0 Å². The normalized spacial score (nSPS) is 10.6. The summed E-state index contributed by atoms with van der Waals surface area (Å²) in [6, 6.07) is 8.14. The molecule has 2 rings (SSSR count). The zero-order valence-corrected chi connectivity index (χ0v) is 10.2. The maximum Gasteiger partial charge on any atom is 0.208 e. The predicted molar refractivity (Wildman–Crippen MR) is 70.6 cm³/mol. The minimum atomic E-state index is 0. The number of benzene rings is 1. The van der Waals surface area contributed by atoms with Crippen molar-refractivity contribution in [2.45, 2.75) is 6.54 Å². The van der Waals surface area contributed by atoms with Crippen LogP contribution in [-0.4, -0.2) is 10.0 Å². The van der Waals surface area contributed by atoms with Crippen LogP contribution in [0.2, 0.25) is 0 Å². The van der Waals surface area contributed by atoms with Crippen molar-refractivity contribution in [3.8, 4) is 0 Å². The number of halogens is 1. The van der Waals surface area contributed by atoms with Crippen LogP contribution >= 0.6 is 23.7 Å². The van der Waals surface area contributed by atoms with E-state index in [0.29, 0.717) is 0 Å². The Bertz CT molecular complexity index is 532. The number of hydrogen-bond acceptors (Lipinski definition) is 3. The number of fused-ring (bicyclic) bond motifs is 1. The average molecular weight is 260 g/mol. The highest BCUT2D eigenvalue weighted by Gasteiger charge is 2.02. The molecule has 0 saturated carbocycles. The molecule has 2 aromatic rings. The molecule has 0 amide bonds. The summed E-state index contributed by atoms with van der Waals surface area (Å²) < 4.78 is 3.24. The van der Waals surface area contributed by atoms with Crippen molar-refractivity contribution in [3.05, 3.63) is 41.7 Å². The number of nitrogens with two attached hydrogens (primary N) is 1. The highest BCUT2D eigenvalue weighted by Crippen LogP contribution is 2.16. The Morgan fingerprint density at radius 3 is 2.75 bits per heavy atom. The van der Waals surface area contributed by atoms with Gasteiger partial charge in [0.25, 0.3) is 0 Å². The summed E-state index contributed by atoms with van der Waals surface area (Å²) in [5.74, 6) is 5.33. The summed E-state index contributed by atoms with van der Waals surface area (Å²) in [4.78, 5) is 0.825. The first-order valence-corrected chi connectivity index (χ1v) is 5.11. The van der Waals surface area contributed by atoms with Crippen LogP contribution in [0.4, 0.5) is 0 Å². The number of nitrogens with zero attached hydrogens (tertiary/aromatic N) is 2. The summed E-state index contributed by atoms with van der Waals surface area (Å²) in [6.45, 7) is 4.46. The predicted octanol–water partition coefficient (Wildman–Crippen LogP) is 1.26. The van der Waals surface area contributed by atoms with Crippen LogP contribution < -0.4 is 10.6 Å². The molecule has 16 heavy (non-hydrogen) atoms. The Morgan fingerprint density at radius 1 is 1.44 bits per heavy atom. The number of allylic oxidation sites excluding steroid dienone is 1. The molecule has 0 atom stereocenters. The smallest absolute Gasteiger partial charge is 0.208 e. The molecule has 0 saturated heterocycles. The van der Waals surface area contributed by atoms with E-state index in [1.807, 2.05) is 22.8 Å². The highest BCUT2D eigenvalue weighted by molar-refractivity contribution is 7.16. The van der Waals surface area contributed by atoms with Crippen molar-refractivity contribution in [2.75, 3.05) is 0 Å². The Hall–Kier alpha value is -1.30. The van der Waals surface area contributed by atoms with Crippen LogP contribution in [0.3, 0.4) is 0 Å². The zero-order valence-electron chi connectivity index (χ0n) is 8.59. The number of para-hydroxylation sites is 1. The van der Waals surface area contributed by atoms with E-state index in [4.69, 9.17) is 5.84 Å². The van der Waals surface area contributed by atoms with Gasteiger partial charge in [-0.15, -0.1) is 19.0 Å². The van der Waals surface area contributed by atoms with E-state index in [0.717, 1.165) is 16.9 Å². The first-order chi connectivity index (χ1) is 6.86. The quantitative estimate of drug-likeness (QED) is 0.492. The molecule has 0 aliphatic carbocycles. The molecule has 0 unspecified atom stereocenters. The lowest BCUT2D eigenvalue weighted by molar-refractivity contribution is 0.810. The van der Waals surface area contributed by atoms with Crippen LogP contribution in [0.1, 0.15) is 0 Å². The van der Waals surface area contributed by atoms with Crippen molar-refractivity contribution < 1.29 is 5.48 Å². The molecule has 0 spiro atoms. The van der Waals surface area contributed by atoms with Gasteiger partial charge in [-0.05, 0) is 12.1 Å². The van der Waals surface area contributed by atoms with Gasteiger partial charge in [-0.2, -0.15) is 5.10 Å². The number of hydrogen-bond donors (Lipinski definition) is 1. The van der Waals surface area contributed by atoms with Gasteiger partial charge in [0.1, 0.15) is 0 Å². The lowest BCUT2D eigenvalue weighted by Crippen LogP contribution is -2.15. The topological polar surface area (TPSA) is 74.8 Å². The molecule has 4 nitrogen and oxygen atoms in total. The zero-order chi connectivity index (χ0) is 9.97. The first-order valence-electron chi connectivity index (χ1n) is 4.30. The van der Waals surface area contributed by atoms with E-state index in [-0.39, 0.29) is 17.9 Å². The molecule has 0 bridgehead atoms. The minimum Gasteiger partial charge on any atom is -0.412 e. The lowest BCUT2D eigenvalue weighted by atomic mass is 10.3. The van der Waals surface area contributed by atoms with E-state index in [1.165, 1.54) is 4.70 Å². The van der Waals surface area contributed by atoms with E-state index < -0.39 is 0 Å². The summed E-state index contributed by atoms with van der Waals surface area (Å²) in [7, 11) is 0. The molecule has 0 radical (unpaired) electrons. The van der Waals surface area contributed by atoms with Crippen molar-refractivity contribution >= 4 is 34.0 Å². The van der Waals surface area contributed by atoms with E-state index in [2.05, 4.69) is 23.8 Å². The molecule has 1 aromatic carbocycles. The Balaban J connectivity index is 0.00000112. The molecule has 88 valence electrons. The standard InChI is InChI=1S/C10H11N3S.ClH.H2O/c1-2-7-13-8-5-3-4-6-9(8)14-10(13)12-11;;/h2-6H,1,7,11H2;1H;1H2. The minimum absolute atomic E-state index is 0. The second-order valence-electron chi connectivity index (χ2n) is 2.88. The van der Waals surface area contributed by atoms with E-state index >= 15 is 0 Å². The van der Waals surface area contributed by atoms with Gasteiger partial charge in [-0.25, -0.2) is 0 Å². The van der Waals surface area contributed by atoms with Crippen molar-refractivity contribution in [3.63, 3.8) is 0 Å².